The van der Waals surface area contributed by atoms with E-state index in [2.05, 4.69) is 10.1 Å². The molecule has 23 heavy (non-hydrogen) atoms. The molecule has 1 aliphatic carbocycles. The third-order valence-electron chi connectivity index (χ3n) is 4.43. The Kier molecular flexibility index (Phi) is 6.62. The fourth-order valence-electron chi connectivity index (χ4n) is 3.03. The first-order chi connectivity index (χ1) is 11.1. The summed E-state index contributed by atoms with van der Waals surface area (Å²) in [5.41, 5.74) is 0. The molecule has 1 saturated carbocycles. The zero-order valence-electron chi connectivity index (χ0n) is 14.2. The number of rotatable bonds is 7. The first kappa shape index (κ1) is 18.0. The van der Waals surface area contributed by atoms with Crippen molar-refractivity contribution in [1.82, 2.24) is 19.7 Å². The molecular formula is C16H26N4O2S. The highest BCUT2D eigenvalue weighted by atomic mass is 32.2. The van der Waals surface area contributed by atoms with Crippen molar-refractivity contribution in [2.45, 2.75) is 63.3 Å². The minimum atomic E-state index is -0.173. The Labute approximate surface area is 142 Å². The third kappa shape index (κ3) is 4.34. The standard InChI is InChI=1S/C16H26N4O2S/c1-4-13(21)14(12-9-7-8-10-12)23-15-17-11-20(18-15)16(22)19(5-2)6-3/h11-12,14H,4-10H2,1-3H3. The summed E-state index contributed by atoms with van der Waals surface area (Å²) in [6.45, 7) is 7.04. The molecule has 0 aromatic carbocycles. The Hall–Kier alpha value is -1.37. The summed E-state index contributed by atoms with van der Waals surface area (Å²) in [5, 5.41) is 4.72. The van der Waals surface area contributed by atoms with Gasteiger partial charge in [-0.05, 0) is 32.6 Å². The number of Topliss-reactive ketones (excluding diaryl/α,β-unsaturated/α-hetero) is 1. The molecule has 1 aliphatic rings. The maximum atomic E-state index is 12.3. The Balaban J connectivity index is 2.09. The van der Waals surface area contributed by atoms with Crippen molar-refractivity contribution >= 4 is 23.6 Å². The second kappa shape index (κ2) is 8.47. The molecule has 1 atom stereocenters. The summed E-state index contributed by atoms with van der Waals surface area (Å²) in [6, 6.07) is -0.173. The van der Waals surface area contributed by atoms with Crippen molar-refractivity contribution in [3.63, 3.8) is 0 Å². The highest BCUT2D eigenvalue weighted by Gasteiger charge is 2.31. The van der Waals surface area contributed by atoms with E-state index in [1.54, 1.807) is 4.90 Å². The van der Waals surface area contributed by atoms with Gasteiger partial charge in [0.05, 0.1) is 5.25 Å². The van der Waals surface area contributed by atoms with Crippen LogP contribution in [0.25, 0.3) is 0 Å². The second-order valence-corrected chi connectivity index (χ2v) is 6.94. The predicted octanol–water partition coefficient (Wildman–Crippen LogP) is 3.22. The van der Waals surface area contributed by atoms with Gasteiger partial charge in [0.15, 0.2) is 0 Å². The van der Waals surface area contributed by atoms with Gasteiger partial charge in [0.1, 0.15) is 12.1 Å². The number of aromatic nitrogens is 3. The largest absolute Gasteiger partial charge is 0.346 e. The zero-order valence-corrected chi connectivity index (χ0v) is 15.0. The van der Waals surface area contributed by atoms with Crippen LogP contribution in [0.15, 0.2) is 11.5 Å². The van der Waals surface area contributed by atoms with Gasteiger partial charge >= 0.3 is 6.03 Å². The van der Waals surface area contributed by atoms with Crippen molar-refractivity contribution in [1.29, 1.82) is 0 Å². The van der Waals surface area contributed by atoms with Gasteiger partial charge in [-0.15, -0.1) is 5.10 Å². The van der Waals surface area contributed by atoms with Crippen LogP contribution in [0.4, 0.5) is 4.79 Å². The van der Waals surface area contributed by atoms with E-state index in [0.717, 1.165) is 12.8 Å². The topological polar surface area (TPSA) is 68.1 Å². The molecule has 0 saturated heterocycles. The van der Waals surface area contributed by atoms with Crippen LogP contribution >= 0.6 is 11.8 Å². The quantitative estimate of drug-likeness (QED) is 0.714. The first-order valence-corrected chi connectivity index (χ1v) is 9.38. The molecule has 0 aliphatic heterocycles. The molecule has 0 radical (unpaired) electrons. The molecule has 0 bridgehead atoms. The van der Waals surface area contributed by atoms with E-state index in [1.807, 2.05) is 20.8 Å². The molecule has 1 unspecified atom stereocenters. The number of amides is 1. The molecule has 1 aromatic rings. The molecule has 1 fully saturated rings. The van der Waals surface area contributed by atoms with E-state index in [9.17, 15) is 9.59 Å². The average Bonchev–Trinajstić information content (AvgIpc) is 3.24. The van der Waals surface area contributed by atoms with Gasteiger partial charge in [0, 0.05) is 19.5 Å². The van der Waals surface area contributed by atoms with Crippen molar-refractivity contribution < 1.29 is 9.59 Å². The first-order valence-electron chi connectivity index (χ1n) is 8.50. The summed E-state index contributed by atoms with van der Waals surface area (Å²) in [7, 11) is 0. The number of carbonyl (C=O) groups excluding carboxylic acids is 2. The van der Waals surface area contributed by atoms with Gasteiger partial charge in [0.25, 0.3) is 0 Å². The Bertz CT molecular complexity index is 536. The van der Waals surface area contributed by atoms with E-state index >= 15 is 0 Å². The minimum absolute atomic E-state index is 0.0816. The third-order valence-corrected chi connectivity index (χ3v) is 5.73. The lowest BCUT2D eigenvalue weighted by Crippen LogP contribution is -2.34. The van der Waals surface area contributed by atoms with Crippen LogP contribution < -0.4 is 0 Å². The van der Waals surface area contributed by atoms with E-state index in [0.29, 0.717) is 30.6 Å². The summed E-state index contributed by atoms with van der Waals surface area (Å²) < 4.78 is 1.28. The highest BCUT2D eigenvalue weighted by molar-refractivity contribution is 8.00. The van der Waals surface area contributed by atoms with Crippen molar-refractivity contribution in [2.24, 2.45) is 5.92 Å². The van der Waals surface area contributed by atoms with Gasteiger partial charge in [-0.2, -0.15) is 4.68 Å². The molecule has 128 valence electrons. The van der Waals surface area contributed by atoms with Crippen molar-refractivity contribution in [3.05, 3.63) is 6.33 Å². The maximum Gasteiger partial charge on any atom is 0.346 e. The Morgan fingerprint density at radius 1 is 1.30 bits per heavy atom. The lowest BCUT2D eigenvalue weighted by molar-refractivity contribution is -0.119. The summed E-state index contributed by atoms with van der Waals surface area (Å²) in [4.78, 5) is 30.5. The van der Waals surface area contributed by atoms with Crippen molar-refractivity contribution in [3.8, 4) is 0 Å². The van der Waals surface area contributed by atoms with E-state index in [1.165, 1.54) is 35.6 Å². The fourth-order valence-corrected chi connectivity index (χ4v) is 4.27. The van der Waals surface area contributed by atoms with Crippen LogP contribution in [0.5, 0.6) is 0 Å². The molecule has 0 N–H and O–H groups in total. The zero-order chi connectivity index (χ0) is 16.8. The normalized spacial score (nSPS) is 16.5. The lowest BCUT2D eigenvalue weighted by atomic mass is 9.99. The molecular weight excluding hydrogens is 312 g/mol. The van der Waals surface area contributed by atoms with Gasteiger partial charge in [-0.25, -0.2) is 9.78 Å². The molecule has 0 spiro atoms. The Morgan fingerprint density at radius 3 is 2.52 bits per heavy atom. The molecule has 7 heteroatoms. The second-order valence-electron chi connectivity index (χ2n) is 5.83. The maximum absolute atomic E-state index is 12.3. The number of carbonyl (C=O) groups is 2. The number of hydrogen-bond donors (Lipinski definition) is 0. The van der Waals surface area contributed by atoms with Crippen molar-refractivity contribution in [2.75, 3.05) is 13.1 Å². The van der Waals surface area contributed by atoms with Crippen LogP contribution in [0.2, 0.25) is 0 Å². The Morgan fingerprint density at radius 2 is 1.96 bits per heavy atom. The van der Waals surface area contributed by atoms with Crippen LogP contribution in [-0.2, 0) is 4.79 Å². The lowest BCUT2D eigenvalue weighted by Gasteiger charge is -2.19. The van der Waals surface area contributed by atoms with Crippen LogP contribution in [0.1, 0.15) is 52.9 Å². The fraction of sp³-hybridized carbons (Fsp3) is 0.750. The SMILES string of the molecule is CCC(=O)C(Sc1ncn(C(=O)N(CC)CC)n1)C1CCCC1. The predicted molar refractivity (Wildman–Crippen MR) is 90.6 cm³/mol. The van der Waals surface area contributed by atoms with E-state index in [4.69, 9.17) is 0 Å². The molecule has 6 nitrogen and oxygen atoms in total. The van der Waals surface area contributed by atoms with Gasteiger partial charge in [0.2, 0.25) is 5.16 Å². The van der Waals surface area contributed by atoms with E-state index in [-0.39, 0.29) is 17.1 Å². The van der Waals surface area contributed by atoms with Gasteiger partial charge in [-0.3, -0.25) is 4.79 Å². The van der Waals surface area contributed by atoms with Crippen LogP contribution in [-0.4, -0.2) is 49.8 Å². The minimum Gasteiger partial charge on any atom is -0.323 e. The number of hydrogen-bond acceptors (Lipinski definition) is 5. The molecule has 2 rings (SSSR count). The number of thioether (sulfide) groups is 1. The molecule has 1 amide bonds. The molecule has 1 heterocycles. The van der Waals surface area contributed by atoms with Gasteiger partial charge < -0.3 is 4.90 Å². The highest BCUT2D eigenvalue weighted by Crippen LogP contribution is 2.37. The van der Waals surface area contributed by atoms with E-state index < -0.39 is 0 Å². The van der Waals surface area contributed by atoms with Crippen LogP contribution in [0, 0.1) is 5.92 Å². The summed E-state index contributed by atoms with van der Waals surface area (Å²) in [6.07, 6.45) is 6.57. The molecule has 1 aromatic heterocycles. The average molecular weight is 338 g/mol. The summed E-state index contributed by atoms with van der Waals surface area (Å²) >= 11 is 1.42. The number of ketones is 1. The monoisotopic (exact) mass is 338 g/mol. The van der Waals surface area contributed by atoms with Gasteiger partial charge in [-0.1, -0.05) is 31.5 Å². The number of nitrogens with zero attached hydrogens (tertiary/aromatic N) is 4. The smallest absolute Gasteiger partial charge is 0.323 e. The van der Waals surface area contributed by atoms with Crippen LogP contribution in [0.3, 0.4) is 0 Å². The summed E-state index contributed by atoms with van der Waals surface area (Å²) in [5.74, 6) is 0.672.